The number of hydrogen-bond donors (Lipinski definition) is 2. The van der Waals surface area contributed by atoms with E-state index in [4.69, 9.17) is 27.9 Å². The van der Waals surface area contributed by atoms with Crippen molar-refractivity contribution in [2.45, 2.75) is 6.92 Å². The number of nitrogens with one attached hydrogen (secondary N) is 2. The number of amides is 1. The van der Waals surface area contributed by atoms with Crippen molar-refractivity contribution in [2.75, 3.05) is 12.4 Å². The number of fused-ring (bicyclic) bond motifs is 1. The number of hydrogen-bond acceptors (Lipinski definition) is 6. The number of methoxy groups -OCH3 is 1. The highest BCUT2D eigenvalue weighted by atomic mass is 35.5. The summed E-state index contributed by atoms with van der Waals surface area (Å²) >= 11 is 13.1. The van der Waals surface area contributed by atoms with Gasteiger partial charge in [-0.3, -0.25) is 24.9 Å². The van der Waals surface area contributed by atoms with Gasteiger partial charge in [-0.15, -0.1) is 0 Å². The van der Waals surface area contributed by atoms with E-state index < -0.39 is 5.91 Å². The molecule has 8 nitrogen and oxygen atoms in total. The molecule has 4 rings (SSSR count). The first-order valence-corrected chi connectivity index (χ1v) is 9.78. The van der Waals surface area contributed by atoms with Crippen molar-refractivity contribution in [3.05, 3.63) is 63.7 Å². The number of halogens is 2. The van der Waals surface area contributed by atoms with E-state index in [1.165, 1.54) is 25.7 Å². The van der Waals surface area contributed by atoms with E-state index in [1.54, 1.807) is 18.2 Å². The summed E-state index contributed by atoms with van der Waals surface area (Å²) in [5.41, 5.74) is 3.24. The van der Waals surface area contributed by atoms with Crippen molar-refractivity contribution in [3.8, 4) is 16.9 Å². The van der Waals surface area contributed by atoms with Crippen LogP contribution in [0.15, 0.2) is 36.8 Å². The molecule has 0 atom stereocenters. The normalized spacial score (nSPS) is 10.8. The number of anilines is 1. The number of aryl methyl sites for hydroxylation is 1. The zero-order chi connectivity index (χ0) is 22.1. The smallest absolute Gasteiger partial charge is 0.260 e. The molecule has 10 heteroatoms. The van der Waals surface area contributed by atoms with E-state index >= 15 is 0 Å². The number of nitrogens with zero attached hydrogens (tertiary/aromatic N) is 3. The average molecular weight is 456 g/mol. The number of carbonyl (C=O) groups is 2. The molecule has 0 fully saturated rings. The van der Waals surface area contributed by atoms with Crippen LogP contribution in [0.2, 0.25) is 10.0 Å². The van der Waals surface area contributed by atoms with Gasteiger partial charge in [0, 0.05) is 23.5 Å². The Bertz CT molecular complexity index is 1340. The van der Waals surface area contributed by atoms with Crippen LogP contribution in [0, 0.1) is 6.92 Å². The van der Waals surface area contributed by atoms with Gasteiger partial charge in [-0.05, 0) is 24.6 Å². The number of H-pyrrole nitrogens is 1. The second kappa shape index (κ2) is 8.33. The number of aromatic nitrogens is 4. The highest BCUT2D eigenvalue weighted by Gasteiger charge is 2.22. The minimum Gasteiger partial charge on any atom is -0.495 e. The highest BCUT2D eigenvalue weighted by molar-refractivity contribution is 6.41. The molecule has 0 saturated carbocycles. The van der Waals surface area contributed by atoms with Gasteiger partial charge in [-0.25, -0.2) is 4.98 Å². The molecule has 0 saturated heterocycles. The predicted octanol–water partition coefficient (Wildman–Crippen LogP) is 4.71. The maximum atomic E-state index is 12.9. The van der Waals surface area contributed by atoms with Crippen LogP contribution in [0.1, 0.15) is 26.4 Å². The lowest BCUT2D eigenvalue weighted by Crippen LogP contribution is -2.14. The number of aldehydes is 1. The van der Waals surface area contributed by atoms with Crippen LogP contribution in [-0.4, -0.2) is 39.2 Å². The number of aromatic amines is 1. The highest BCUT2D eigenvalue weighted by Crippen LogP contribution is 2.44. The van der Waals surface area contributed by atoms with Gasteiger partial charge in [0.25, 0.3) is 5.91 Å². The van der Waals surface area contributed by atoms with Crippen molar-refractivity contribution in [1.29, 1.82) is 0 Å². The minimum atomic E-state index is -0.470. The second-order valence-electron chi connectivity index (χ2n) is 6.57. The molecule has 0 bridgehead atoms. The van der Waals surface area contributed by atoms with Crippen molar-refractivity contribution < 1.29 is 14.3 Å². The molecule has 2 aromatic heterocycles. The first-order chi connectivity index (χ1) is 14.9. The molecule has 4 aromatic rings. The Labute approximate surface area is 186 Å². The zero-order valence-electron chi connectivity index (χ0n) is 16.4. The first-order valence-electron chi connectivity index (χ1n) is 9.02. The van der Waals surface area contributed by atoms with Crippen LogP contribution < -0.4 is 10.1 Å². The SMILES string of the molecule is COc1cc(C)c(Cl)c(-c2ccc(C(=O)Nc3ncc(C=O)[nH]3)c3nccnc23)c1Cl. The Morgan fingerprint density at radius 2 is 1.87 bits per heavy atom. The van der Waals surface area contributed by atoms with Gasteiger partial charge in [0.2, 0.25) is 5.95 Å². The molecule has 1 amide bonds. The third-order valence-electron chi connectivity index (χ3n) is 4.66. The molecule has 156 valence electrons. The van der Waals surface area contributed by atoms with Gasteiger partial charge in [-0.2, -0.15) is 0 Å². The molecule has 31 heavy (non-hydrogen) atoms. The Morgan fingerprint density at radius 1 is 1.13 bits per heavy atom. The zero-order valence-corrected chi connectivity index (χ0v) is 17.9. The third kappa shape index (κ3) is 3.71. The van der Waals surface area contributed by atoms with Crippen molar-refractivity contribution in [1.82, 2.24) is 19.9 Å². The largest absolute Gasteiger partial charge is 0.495 e. The summed E-state index contributed by atoms with van der Waals surface area (Å²) in [5, 5.41) is 3.39. The monoisotopic (exact) mass is 455 g/mol. The Morgan fingerprint density at radius 3 is 2.55 bits per heavy atom. The molecular weight excluding hydrogens is 441 g/mol. The van der Waals surface area contributed by atoms with Crippen molar-refractivity contribution in [2.24, 2.45) is 0 Å². The second-order valence-corrected chi connectivity index (χ2v) is 7.33. The van der Waals surface area contributed by atoms with Crippen LogP contribution in [0.4, 0.5) is 5.95 Å². The lowest BCUT2D eigenvalue weighted by molar-refractivity contribution is 0.102. The summed E-state index contributed by atoms with van der Waals surface area (Å²) in [6.07, 6.45) is 4.92. The van der Waals surface area contributed by atoms with E-state index in [0.717, 1.165) is 5.56 Å². The summed E-state index contributed by atoms with van der Waals surface area (Å²) in [5.74, 6) is 0.145. The minimum absolute atomic E-state index is 0.141. The maximum absolute atomic E-state index is 12.9. The van der Waals surface area contributed by atoms with Gasteiger partial charge in [0.15, 0.2) is 6.29 Å². The maximum Gasteiger partial charge on any atom is 0.260 e. The molecule has 0 aliphatic heterocycles. The molecule has 0 aliphatic rings. The topological polar surface area (TPSA) is 110 Å². The number of benzene rings is 2. The molecule has 2 N–H and O–H groups in total. The number of imidazole rings is 1. The van der Waals surface area contributed by atoms with Gasteiger partial charge in [-0.1, -0.05) is 29.3 Å². The summed E-state index contributed by atoms with van der Waals surface area (Å²) in [6, 6.07) is 5.06. The van der Waals surface area contributed by atoms with Crippen LogP contribution in [-0.2, 0) is 0 Å². The summed E-state index contributed by atoms with van der Waals surface area (Å²) in [7, 11) is 1.52. The van der Waals surface area contributed by atoms with Gasteiger partial charge >= 0.3 is 0 Å². The van der Waals surface area contributed by atoms with Crippen LogP contribution in [0.3, 0.4) is 0 Å². The Hall–Kier alpha value is -3.49. The number of carbonyl (C=O) groups excluding carboxylic acids is 2. The Balaban J connectivity index is 1.86. The summed E-state index contributed by atoms with van der Waals surface area (Å²) < 4.78 is 5.37. The van der Waals surface area contributed by atoms with Crippen molar-refractivity contribution >= 4 is 52.4 Å². The average Bonchev–Trinajstić information content (AvgIpc) is 3.23. The fraction of sp³-hybridized carbons (Fsp3) is 0.0952. The molecule has 0 spiro atoms. The van der Waals surface area contributed by atoms with Crippen LogP contribution in [0.25, 0.3) is 22.2 Å². The van der Waals surface area contributed by atoms with Gasteiger partial charge < -0.3 is 9.72 Å². The molecular formula is C21H15Cl2N5O3. The molecule has 0 unspecified atom stereocenters. The van der Waals surface area contributed by atoms with Crippen LogP contribution >= 0.6 is 23.2 Å². The number of ether oxygens (including phenoxy) is 1. The summed E-state index contributed by atoms with van der Waals surface area (Å²) in [4.78, 5) is 39.1. The van der Waals surface area contributed by atoms with Gasteiger partial charge in [0.1, 0.15) is 11.3 Å². The molecule has 2 heterocycles. The van der Waals surface area contributed by atoms with E-state index in [0.29, 0.717) is 44.2 Å². The molecule has 0 aliphatic carbocycles. The fourth-order valence-electron chi connectivity index (χ4n) is 3.20. The predicted molar refractivity (Wildman–Crippen MR) is 118 cm³/mol. The quantitative estimate of drug-likeness (QED) is 0.421. The lowest BCUT2D eigenvalue weighted by atomic mass is 9.98. The first kappa shape index (κ1) is 20.8. The summed E-state index contributed by atoms with van der Waals surface area (Å²) in [6.45, 7) is 1.84. The third-order valence-corrected chi connectivity index (χ3v) is 5.52. The Kier molecular flexibility index (Phi) is 5.58. The van der Waals surface area contributed by atoms with E-state index in [1.807, 2.05) is 6.92 Å². The van der Waals surface area contributed by atoms with E-state index in [9.17, 15) is 9.59 Å². The molecule has 0 radical (unpaired) electrons. The lowest BCUT2D eigenvalue weighted by Gasteiger charge is -2.15. The standard InChI is InChI=1S/C21H15Cl2N5O3/c1-10-7-14(31-2)17(23)15(16(10)22)12-3-4-13(19-18(12)24-5-6-25-19)20(30)28-21-26-8-11(9-29)27-21/h3-9H,1-2H3,(H2,26,27,28,30). The fourth-order valence-corrected chi connectivity index (χ4v) is 3.83. The van der Waals surface area contributed by atoms with Crippen LogP contribution in [0.5, 0.6) is 5.75 Å². The number of rotatable bonds is 5. The van der Waals surface area contributed by atoms with Gasteiger partial charge in [0.05, 0.1) is 40.1 Å². The van der Waals surface area contributed by atoms with E-state index in [2.05, 4.69) is 25.3 Å². The van der Waals surface area contributed by atoms with Crippen molar-refractivity contribution in [3.63, 3.8) is 0 Å². The molecule has 2 aromatic carbocycles. The van der Waals surface area contributed by atoms with E-state index in [-0.39, 0.29) is 17.2 Å².